The summed E-state index contributed by atoms with van der Waals surface area (Å²) < 4.78 is 0. The Morgan fingerprint density at radius 2 is 2.24 bits per heavy atom. The average molecular weight is 238 g/mol. The van der Waals surface area contributed by atoms with Gasteiger partial charge in [0.15, 0.2) is 0 Å². The summed E-state index contributed by atoms with van der Waals surface area (Å²) in [5.74, 6) is -0.721. The number of likely N-dealkylation sites (tertiary alicyclic amines) is 1. The highest BCUT2D eigenvalue weighted by molar-refractivity contribution is 5.67. The van der Waals surface area contributed by atoms with E-state index in [0.717, 1.165) is 38.8 Å². The number of nitrogens with zero attached hydrogens (tertiary/aromatic N) is 2. The molecule has 17 heavy (non-hydrogen) atoms. The zero-order valence-corrected chi connectivity index (χ0v) is 10.8. The van der Waals surface area contributed by atoms with E-state index in [-0.39, 0.29) is 17.9 Å². The third kappa shape index (κ3) is 4.74. The molecular formula is C13H22N2O2. The van der Waals surface area contributed by atoms with Gasteiger partial charge in [0.2, 0.25) is 0 Å². The predicted octanol–water partition coefficient (Wildman–Crippen LogP) is 2.26. The minimum absolute atomic E-state index is 0.163. The second-order valence-electron chi connectivity index (χ2n) is 5.53. The summed E-state index contributed by atoms with van der Waals surface area (Å²) in [4.78, 5) is 13.0. The van der Waals surface area contributed by atoms with Gasteiger partial charge in [0.25, 0.3) is 0 Å². The summed E-state index contributed by atoms with van der Waals surface area (Å²) in [7, 11) is 0. The molecule has 0 aromatic carbocycles. The molecule has 1 unspecified atom stereocenters. The van der Waals surface area contributed by atoms with E-state index in [9.17, 15) is 4.79 Å². The highest BCUT2D eigenvalue weighted by Gasteiger charge is 2.26. The van der Waals surface area contributed by atoms with Gasteiger partial charge in [-0.25, -0.2) is 0 Å². The van der Waals surface area contributed by atoms with Gasteiger partial charge in [-0.15, -0.1) is 0 Å². The minimum Gasteiger partial charge on any atom is -0.481 e. The lowest BCUT2D eigenvalue weighted by atomic mass is 9.90. The summed E-state index contributed by atoms with van der Waals surface area (Å²) in [5.41, 5.74) is -0.314. The molecule has 0 aliphatic carbocycles. The third-order valence-corrected chi connectivity index (χ3v) is 3.49. The molecule has 4 heteroatoms. The van der Waals surface area contributed by atoms with E-state index in [4.69, 9.17) is 10.4 Å². The number of rotatable bonds is 5. The summed E-state index contributed by atoms with van der Waals surface area (Å²) in [5, 5.41) is 17.9. The van der Waals surface area contributed by atoms with Gasteiger partial charge in [0, 0.05) is 6.04 Å². The van der Waals surface area contributed by atoms with Crippen molar-refractivity contribution >= 4 is 5.97 Å². The Morgan fingerprint density at radius 1 is 1.53 bits per heavy atom. The van der Waals surface area contributed by atoms with E-state index in [2.05, 4.69) is 11.0 Å². The summed E-state index contributed by atoms with van der Waals surface area (Å²) in [6, 6.07) is 2.46. The van der Waals surface area contributed by atoms with E-state index >= 15 is 0 Å². The molecule has 1 atom stereocenters. The highest BCUT2D eigenvalue weighted by Crippen LogP contribution is 2.24. The molecule has 0 bridgehead atoms. The predicted molar refractivity (Wildman–Crippen MR) is 65.5 cm³/mol. The van der Waals surface area contributed by atoms with Crippen LogP contribution >= 0.6 is 0 Å². The molecule has 1 heterocycles. The SMILES string of the molecule is CC(C)(C#N)CCN1CCCCC1CC(=O)O. The first kappa shape index (κ1) is 14.0. The fourth-order valence-corrected chi connectivity index (χ4v) is 2.27. The van der Waals surface area contributed by atoms with E-state index in [1.54, 1.807) is 0 Å². The van der Waals surface area contributed by atoms with Crippen molar-refractivity contribution in [1.29, 1.82) is 5.26 Å². The lowest BCUT2D eigenvalue weighted by Crippen LogP contribution is -2.42. The van der Waals surface area contributed by atoms with E-state index < -0.39 is 5.97 Å². The molecule has 0 amide bonds. The Kier molecular flexibility index (Phi) is 4.95. The zero-order chi connectivity index (χ0) is 12.9. The Balaban J connectivity index is 2.48. The number of hydrogen-bond acceptors (Lipinski definition) is 3. The Bertz CT molecular complexity index is 307. The van der Waals surface area contributed by atoms with Crippen LogP contribution in [0.15, 0.2) is 0 Å². The molecule has 1 N–H and O–H groups in total. The number of carbonyl (C=O) groups is 1. The number of hydrogen-bond donors (Lipinski definition) is 1. The topological polar surface area (TPSA) is 64.3 Å². The van der Waals surface area contributed by atoms with Crippen molar-refractivity contribution in [3.05, 3.63) is 0 Å². The maximum atomic E-state index is 10.8. The van der Waals surface area contributed by atoms with E-state index in [1.165, 1.54) is 0 Å². The molecule has 0 aromatic heterocycles. The van der Waals surface area contributed by atoms with Crippen LogP contribution in [-0.2, 0) is 4.79 Å². The molecule has 1 rings (SSSR count). The van der Waals surface area contributed by atoms with Crippen molar-refractivity contribution in [2.24, 2.45) is 5.41 Å². The first-order chi connectivity index (χ1) is 7.94. The maximum Gasteiger partial charge on any atom is 0.304 e. The molecule has 96 valence electrons. The van der Waals surface area contributed by atoms with Crippen LogP contribution < -0.4 is 0 Å². The largest absolute Gasteiger partial charge is 0.481 e. The van der Waals surface area contributed by atoms with Gasteiger partial charge < -0.3 is 5.11 Å². The fourth-order valence-electron chi connectivity index (χ4n) is 2.27. The van der Waals surface area contributed by atoms with Crippen LogP contribution in [0, 0.1) is 16.7 Å². The van der Waals surface area contributed by atoms with Gasteiger partial charge in [0.1, 0.15) is 0 Å². The molecule has 4 nitrogen and oxygen atoms in total. The molecular weight excluding hydrogens is 216 g/mol. The number of nitriles is 1. The summed E-state index contributed by atoms with van der Waals surface area (Å²) >= 11 is 0. The van der Waals surface area contributed by atoms with Gasteiger partial charge in [-0.1, -0.05) is 6.42 Å². The fraction of sp³-hybridized carbons (Fsp3) is 0.846. The number of piperidine rings is 1. The van der Waals surface area contributed by atoms with E-state index in [0.29, 0.717) is 0 Å². The van der Waals surface area contributed by atoms with E-state index in [1.807, 2.05) is 13.8 Å². The minimum atomic E-state index is -0.721. The first-order valence-electron chi connectivity index (χ1n) is 6.32. The summed E-state index contributed by atoms with van der Waals surface area (Å²) in [6.45, 7) is 5.67. The molecule has 1 fully saturated rings. The average Bonchev–Trinajstić information content (AvgIpc) is 2.27. The lowest BCUT2D eigenvalue weighted by Gasteiger charge is -2.36. The van der Waals surface area contributed by atoms with Crippen molar-refractivity contribution in [1.82, 2.24) is 4.90 Å². The van der Waals surface area contributed by atoms with Crippen LogP contribution in [0.3, 0.4) is 0 Å². The van der Waals surface area contributed by atoms with Gasteiger partial charge in [-0.3, -0.25) is 9.69 Å². The third-order valence-electron chi connectivity index (χ3n) is 3.49. The number of aliphatic carboxylic acids is 1. The highest BCUT2D eigenvalue weighted by atomic mass is 16.4. The smallest absolute Gasteiger partial charge is 0.304 e. The number of carboxylic acids is 1. The molecule has 0 aromatic rings. The number of carboxylic acid groups (broad SMARTS) is 1. The molecule has 0 spiro atoms. The second-order valence-corrected chi connectivity index (χ2v) is 5.53. The van der Waals surface area contributed by atoms with Crippen molar-refractivity contribution in [2.75, 3.05) is 13.1 Å². The second kappa shape index (κ2) is 6.02. The van der Waals surface area contributed by atoms with Crippen molar-refractivity contribution in [3.63, 3.8) is 0 Å². The molecule has 0 radical (unpaired) electrons. The van der Waals surface area contributed by atoms with Gasteiger partial charge in [-0.05, 0) is 46.2 Å². The zero-order valence-electron chi connectivity index (χ0n) is 10.8. The molecule has 1 saturated heterocycles. The van der Waals surface area contributed by atoms with Gasteiger partial charge in [-0.2, -0.15) is 5.26 Å². The Labute approximate surface area is 103 Å². The quantitative estimate of drug-likeness (QED) is 0.798. The standard InChI is InChI=1S/C13H22N2O2/c1-13(2,10-14)6-8-15-7-4-3-5-11(15)9-12(16)17/h11H,3-9H2,1-2H3,(H,16,17). The normalized spacial score (nSPS) is 22.1. The van der Waals surface area contributed by atoms with Crippen LogP contribution in [0.25, 0.3) is 0 Å². The van der Waals surface area contributed by atoms with Crippen LogP contribution in [0.5, 0.6) is 0 Å². The Hall–Kier alpha value is -1.08. The monoisotopic (exact) mass is 238 g/mol. The van der Waals surface area contributed by atoms with Crippen molar-refractivity contribution in [2.45, 2.75) is 52.0 Å². The lowest BCUT2D eigenvalue weighted by molar-refractivity contribution is -0.138. The van der Waals surface area contributed by atoms with Gasteiger partial charge >= 0.3 is 5.97 Å². The molecule has 1 aliphatic rings. The first-order valence-corrected chi connectivity index (χ1v) is 6.32. The van der Waals surface area contributed by atoms with Crippen LogP contribution in [0.1, 0.15) is 46.0 Å². The van der Waals surface area contributed by atoms with Crippen LogP contribution in [0.4, 0.5) is 0 Å². The van der Waals surface area contributed by atoms with Crippen LogP contribution in [0.2, 0.25) is 0 Å². The van der Waals surface area contributed by atoms with Crippen LogP contribution in [-0.4, -0.2) is 35.1 Å². The Morgan fingerprint density at radius 3 is 2.82 bits per heavy atom. The van der Waals surface area contributed by atoms with Gasteiger partial charge in [0.05, 0.1) is 17.9 Å². The summed E-state index contributed by atoms with van der Waals surface area (Å²) in [6.07, 6.45) is 4.27. The van der Waals surface area contributed by atoms with Crippen molar-refractivity contribution < 1.29 is 9.90 Å². The maximum absolute atomic E-state index is 10.8. The molecule has 0 saturated carbocycles. The van der Waals surface area contributed by atoms with Crippen molar-refractivity contribution in [3.8, 4) is 6.07 Å². The molecule has 1 aliphatic heterocycles.